The van der Waals surface area contributed by atoms with E-state index in [1.54, 1.807) is 0 Å². The molecule has 0 unspecified atom stereocenters. The van der Waals surface area contributed by atoms with Crippen LogP contribution in [-0.2, 0) is 9.53 Å². The maximum atomic E-state index is 9.65. The van der Waals surface area contributed by atoms with Crippen molar-refractivity contribution in [1.82, 2.24) is 0 Å². The Balaban J connectivity index is 0. The summed E-state index contributed by atoms with van der Waals surface area (Å²) in [6.07, 6.45) is 1.87. The number of carboxylic acids is 1. The van der Waals surface area contributed by atoms with Gasteiger partial charge in [-0.3, -0.25) is 0 Å². The van der Waals surface area contributed by atoms with Crippen molar-refractivity contribution >= 4 is 5.97 Å². The highest BCUT2D eigenvalue weighted by molar-refractivity contribution is 5.63. The van der Waals surface area contributed by atoms with Crippen LogP contribution in [0.2, 0.25) is 0 Å². The SMILES string of the molecule is CCCCC(=O)[O-].CCOC[N+](C)(CC)CC. The van der Waals surface area contributed by atoms with Gasteiger partial charge in [-0.05, 0) is 33.6 Å². The molecule has 0 N–H and O–H groups in total. The summed E-state index contributed by atoms with van der Waals surface area (Å²) in [5, 5.41) is 9.65. The number of unbranched alkanes of at least 4 members (excludes halogenated alkanes) is 1. The Kier molecular flexibility index (Phi) is 13.1. The van der Waals surface area contributed by atoms with Gasteiger partial charge in [-0.2, -0.15) is 0 Å². The number of hydrogen-bond donors (Lipinski definition) is 0. The van der Waals surface area contributed by atoms with E-state index in [0.717, 1.165) is 43.8 Å². The second-order valence-corrected chi connectivity index (χ2v) is 4.35. The molecular formula is C13H29NO3. The number of carbonyl (C=O) groups is 1. The van der Waals surface area contributed by atoms with E-state index in [0.29, 0.717) is 0 Å². The fourth-order valence-electron chi connectivity index (χ4n) is 1.04. The van der Waals surface area contributed by atoms with Gasteiger partial charge in [0, 0.05) is 12.6 Å². The fraction of sp³-hybridized carbons (Fsp3) is 0.923. The summed E-state index contributed by atoms with van der Waals surface area (Å²) in [5.74, 6) is -0.943. The predicted molar refractivity (Wildman–Crippen MR) is 68.3 cm³/mol. The smallest absolute Gasteiger partial charge is 0.182 e. The number of hydrogen-bond acceptors (Lipinski definition) is 3. The van der Waals surface area contributed by atoms with Crippen molar-refractivity contribution in [2.75, 3.05) is 33.5 Å². The van der Waals surface area contributed by atoms with Crippen LogP contribution < -0.4 is 5.11 Å². The van der Waals surface area contributed by atoms with Crippen LogP contribution in [0, 0.1) is 0 Å². The van der Waals surface area contributed by atoms with Crippen molar-refractivity contribution < 1.29 is 19.1 Å². The maximum Gasteiger partial charge on any atom is 0.182 e. The van der Waals surface area contributed by atoms with E-state index in [1.807, 2.05) is 13.8 Å². The number of carboxylic acid groups (broad SMARTS) is 1. The zero-order valence-electron chi connectivity index (χ0n) is 12.1. The van der Waals surface area contributed by atoms with Crippen LogP contribution in [0.5, 0.6) is 0 Å². The molecule has 0 radical (unpaired) electrons. The van der Waals surface area contributed by atoms with Gasteiger partial charge in [-0.1, -0.05) is 13.3 Å². The first-order chi connectivity index (χ1) is 7.95. The van der Waals surface area contributed by atoms with Crippen LogP contribution in [-0.4, -0.2) is 43.9 Å². The fourth-order valence-corrected chi connectivity index (χ4v) is 1.04. The summed E-state index contributed by atoms with van der Waals surface area (Å²) >= 11 is 0. The minimum Gasteiger partial charge on any atom is -0.550 e. The monoisotopic (exact) mass is 247 g/mol. The van der Waals surface area contributed by atoms with Gasteiger partial charge in [0.2, 0.25) is 0 Å². The quantitative estimate of drug-likeness (QED) is 0.481. The molecule has 0 aliphatic rings. The molecule has 0 fully saturated rings. The molecule has 104 valence electrons. The maximum absolute atomic E-state index is 9.65. The highest BCUT2D eigenvalue weighted by Crippen LogP contribution is 2.00. The minimum absolute atomic E-state index is 0.205. The first-order valence-electron chi connectivity index (χ1n) is 6.56. The Morgan fingerprint density at radius 2 is 1.71 bits per heavy atom. The summed E-state index contributed by atoms with van der Waals surface area (Å²) in [5.41, 5.74) is 0. The lowest BCUT2D eigenvalue weighted by molar-refractivity contribution is -0.924. The van der Waals surface area contributed by atoms with Gasteiger partial charge >= 0.3 is 0 Å². The summed E-state index contributed by atoms with van der Waals surface area (Å²) < 4.78 is 6.37. The molecule has 0 amide bonds. The Labute approximate surface area is 106 Å². The topological polar surface area (TPSA) is 49.4 Å². The summed E-state index contributed by atoms with van der Waals surface area (Å²) in [6.45, 7) is 12.4. The highest BCUT2D eigenvalue weighted by atomic mass is 16.5. The van der Waals surface area contributed by atoms with E-state index in [-0.39, 0.29) is 6.42 Å². The van der Waals surface area contributed by atoms with Crippen LogP contribution in [0.25, 0.3) is 0 Å². The molecule has 0 heterocycles. The molecule has 4 nitrogen and oxygen atoms in total. The van der Waals surface area contributed by atoms with Crippen LogP contribution in [0.1, 0.15) is 47.0 Å². The van der Waals surface area contributed by atoms with E-state index < -0.39 is 5.97 Å². The lowest BCUT2D eigenvalue weighted by Gasteiger charge is -2.31. The van der Waals surface area contributed by atoms with Gasteiger partial charge in [-0.25, -0.2) is 0 Å². The average molecular weight is 247 g/mol. The molecule has 0 saturated heterocycles. The summed E-state index contributed by atoms with van der Waals surface area (Å²) in [6, 6.07) is 0. The lowest BCUT2D eigenvalue weighted by atomic mass is 10.3. The average Bonchev–Trinajstić information content (AvgIpc) is 2.34. The van der Waals surface area contributed by atoms with E-state index in [2.05, 4.69) is 20.9 Å². The Morgan fingerprint density at radius 3 is 1.94 bits per heavy atom. The molecule has 17 heavy (non-hydrogen) atoms. The number of nitrogens with zero attached hydrogens (tertiary/aromatic N) is 1. The normalized spacial score (nSPS) is 10.6. The van der Waals surface area contributed by atoms with Gasteiger partial charge < -0.3 is 19.1 Å². The van der Waals surface area contributed by atoms with Gasteiger partial charge in [0.1, 0.15) is 0 Å². The highest BCUT2D eigenvalue weighted by Gasteiger charge is 2.14. The Bertz CT molecular complexity index is 180. The predicted octanol–water partition coefficient (Wildman–Crippen LogP) is 1.39. The second kappa shape index (κ2) is 11.9. The number of rotatable bonds is 8. The van der Waals surface area contributed by atoms with Crippen molar-refractivity contribution in [3.8, 4) is 0 Å². The number of ether oxygens (including phenoxy) is 1. The molecule has 0 aromatic heterocycles. The minimum atomic E-state index is -0.943. The van der Waals surface area contributed by atoms with Crippen LogP contribution in [0.3, 0.4) is 0 Å². The van der Waals surface area contributed by atoms with Gasteiger partial charge in [-0.15, -0.1) is 0 Å². The van der Waals surface area contributed by atoms with Crippen molar-refractivity contribution in [2.45, 2.75) is 47.0 Å². The number of aliphatic carboxylic acids is 1. The summed E-state index contributed by atoms with van der Waals surface area (Å²) in [7, 11) is 2.22. The van der Waals surface area contributed by atoms with Crippen molar-refractivity contribution in [3.63, 3.8) is 0 Å². The zero-order valence-corrected chi connectivity index (χ0v) is 12.1. The third-order valence-electron chi connectivity index (χ3n) is 2.87. The van der Waals surface area contributed by atoms with Gasteiger partial charge in [0.05, 0.1) is 20.1 Å². The zero-order chi connectivity index (χ0) is 13.7. The largest absolute Gasteiger partial charge is 0.550 e. The molecule has 0 spiro atoms. The molecule has 0 aliphatic heterocycles. The third kappa shape index (κ3) is 13.3. The molecule has 0 aromatic carbocycles. The van der Waals surface area contributed by atoms with Gasteiger partial charge in [0.15, 0.2) is 6.73 Å². The lowest BCUT2D eigenvalue weighted by Crippen LogP contribution is -2.45. The van der Waals surface area contributed by atoms with Crippen LogP contribution in [0.4, 0.5) is 0 Å². The van der Waals surface area contributed by atoms with Crippen molar-refractivity contribution in [1.29, 1.82) is 0 Å². The van der Waals surface area contributed by atoms with E-state index in [9.17, 15) is 9.90 Å². The number of quaternary nitrogens is 1. The third-order valence-corrected chi connectivity index (χ3v) is 2.87. The molecular weight excluding hydrogens is 218 g/mol. The van der Waals surface area contributed by atoms with E-state index in [4.69, 9.17) is 4.74 Å². The first kappa shape index (κ1) is 18.7. The van der Waals surface area contributed by atoms with Gasteiger partial charge in [0.25, 0.3) is 0 Å². The number of carbonyl (C=O) groups excluding carboxylic acids is 1. The molecule has 0 saturated carbocycles. The summed E-state index contributed by atoms with van der Waals surface area (Å²) in [4.78, 5) is 9.65. The van der Waals surface area contributed by atoms with Crippen molar-refractivity contribution in [2.24, 2.45) is 0 Å². The molecule has 0 rings (SSSR count). The molecule has 0 bridgehead atoms. The Hall–Kier alpha value is -0.610. The molecule has 0 atom stereocenters. The molecule has 0 aromatic rings. The van der Waals surface area contributed by atoms with E-state index in [1.165, 1.54) is 0 Å². The Morgan fingerprint density at radius 1 is 1.18 bits per heavy atom. The molecule has 0 aliphatic carbocycles. The first-order valence-corrected chi connectivity index (χ1v) is 6.56. The van der Waals surface area contributed by atoms with Crippen molar-refractivity contribution in [3.05, 3.63) is 0 Å². The standard InChI is InChI=1S/C8H20NO.C5H10O2/c1-5-9(4,6-2)8-10-7-3;1-2-3-4-5(6)7/h5-8H2,1-4H3;2-4H2,1H3,(H,6,7)/q+1;/p-1. The van der Waals surface area contributed by atoms with E-state index >= 15 is 0 Å². The second-order valence-electron chi connectivity index (χ2n) is 4.35. The molecule has 4 heteroatoms. The van der Waals surface area contributed by atoms with Crippen LogP contribution >= 0.6 is 0 Å². The van der Waals surface area contributed by atoms with Crippen LogP contribution in [0.15, 0.2) is 0 Å².